The smallest absolute Gasteiger partial charge is 0.330 e. The molecule has 0 heterocycles. The molecule has 1 rings (SSSR count). The summed E-state index contributed by atoms with van der Waals surface area (Å²) in [5, 5.41) is 0. The van der Waals surface area contributed by atoms with Gasteiger partial charge < -0.3 is 9.64 Å². The van der Waals surface area contributed by atoms with Crippen LogP contribution in [0.5, 0.6) is 0 Å². The first-order valence-corrected chi connectivity index (χ1v) is 9.34. The zero-order chi connectivity index (χ0) is 17.8. The lowest BCUT2D eigenvalue weighted by Gasteiger charge is -2.20. The van der Waals surface area contributed by atoms with Crippen LogP contribution in [0.4, 0.5) is 5.69 Å². The molecule has 3 nitrogen and oxygen atoms in total. The molecule has 0 saturated carbocycles. The molecule has 1 aromatic carbocycles. The quantitative estimate of drug-likeness (QED) is 0.407. The summed E-state index contributed by atoms with van der Waals surface area (Å²) in [6.45, 7) is 11.2. The van der Waals surface area contributed by atoms with Crippen molar-refractivity contribution in [3.63, 3.8) is 0 Å². The van der Waals surface area contributed by atoms with E-state index in [2.05, 4.69) is 44.7 Å². The van der Waals surface area contributed by atoms with Gasteiger partial charge in [0.2, 0.25) is 0 Å². The first-order chi connectivity index (χ1) is 11.6. The maximum Gasteiger partial charge on any atom is 0.330 e. The van der Waals surface area contributed by atoms with E-state index in [1.165, 1.54) is 24.6 Å². The van der Waals surface area contributed by atoms with Crippen molar-refractivity contribution >= 4 is 17.7 Å². The molecule has 1 aromatic rings. The highest BCUT2D eigenvalue weighted by atomic mass is 16.5. The molecule has 3 heteroatoms. The highest BCUT2D eigenvalue weighted by Crippen LogP contribution is 2.16. The lowest BCUT2D eigenvalue weighted by atomic mass is 10.0. The van der Waals surface area contributed by atoms with Crippen LogP contribution in [0.25, 0.3) is 6.08 Å². The van der Waals surface area contributed by atoms with Crippen LogP contribution < -0.4 is 4.90 Å². The van der Waals surface area contributed by atoms with Crippen molar-refractivity contribution in [3.05, 3.63) is 35.9 Å². The minimum atomic E-state index is -0.252. The fraction of sp³-hybridized carbons (Fsp3) is 0.571. The van der Waals surface area contributed by atoms with E-state index in [9.17, 15) is 4.79 Å². The Morgan fingerprint density at radius 2 is 1.79 bits per heavy atom. The molecular formula is C21H33NO2. The van der Waals surface area contributed by atoms with Gasteiger partial charge in [0, 0.05) is 24.9 Å². The fourth-order valence-electron chi connectivity index (χ4n) is 2.70. The maximum absolute atomic E-state index is 11.9. The Bertz CT molecular complexity index is 489. The van der Waals surface area contributed by atoms with Crippen molar-refractivity contribution in [3.8, 4) is 0 Å². The Morgan fingerprint density at radius 1 is 1.12 bits per heavy atom. The van der Waals surface area contributed by atoms with Crippen LogP contribution in [0.3, 0.4) is 0 Å². The molecule has 0 radical (unpaired) electrons. The number of benzene rings is 1. The van der Waals surface area contributed by atoms with Crippen molar-refractivity contribution in [1.82, 2.24) is 0 Å². The van der Waals surface area contributed by atoms with Gasteiger partial charge in [-0.15, -0.1) is 0 Å². The molecule has 0 bridgehead atoms. The van der Waals surface area contributed by atoms with Gasteiger partial charge in [-0.05, 0) is 50.0 Å². The van der Waals surface area contributed by atoms with Gasteiger partial charge in [0.1, 0.15) is 0 Å². The van der Waals surface area contributed by atoms with Crippen LogP contribution in [-0.2, 0) is 9.53 Å². The summed E-state index contributed by atoms with van der Waals surface area (Å²) in [6.07, 6.45) is 7.93. The fourth-order valence-corrected chi connectivity index (χ4v) is 2.70. The van der Waals surface area contributed by atoms with Gasteiger partial charge in [0.05, 0.1) is 6.61 Å². The van der Waals surface area contributed by atoms with E-state index >= 15 is 0 Å². The molecule has 0 aliphatic rings. The second-order valence-electron chi connectivity index (χ2n) is 6.14. The molecule has 0 N–H and O–H groups in total. The van der Waals surface area contributed by atoms with Gasteiger partial charge in [-0.3, -0.25) is 0 Å². The van der Waals surface area contributed by atoms with Gasteiger partial charge in [0.15, 0.2) is 0 Å². The molecule has 0 fully saturated rings. The van der Waals surface area contributed by atoms with E-state index in [4.69, 9.17) is 4.74 Å². The van der Waals surface area contributed by atoms with E-state index < -0.39 is 0 Å². The van der Waals surface area contributed by atoms with Gasteiger partial charge in [-0.1, -0.05) is 45.2 Å². The summed E-state index contributed by atoms with van der Waals surface area (Å²) in [5.74, 6) is 0.230. The van der Waals surface area contributed by atoms with Crippen molar-refractivity contribution in [1.29, 1.82) is 0 Å². The van der Waals surface area contributed by atoms with Gasteiger partial charge in [-0.25, -0.2) is 4.79 Å². The van der Waals surface area contributed by atoms with Gasteiger partial charge >= 0.3 is 5.97 Å². The van der Waals surface area contributed by atoms with E-state index in [0.29, 0.717) is 12.5 Å². The Hall–Kier alpha value is -1.77. The second kappa shape index (κ2) is 11.7. The number of unbranched alkanes of at least 4 members (excludes halogenated alkanes) is 1. The van der Waals surface area contributed by atoms with Crippen LogP contribution in [0.1, 0.15) is 58.9 Å². The second-order valence-corrected chi connectivity index (χ2v) is 6.14. The lowest BCUT2D eigenvalue weighted by molar-refractivity contribution is -0.139. The van der Waals surface area contributed by atoms with Crippen molar-refractivity contribution in [2.75, 3.05) is 24.6 Å². The highest BCUT2D eigenvalue weighted by Gasteiger charge is 2.08. The number of anilines is 1. The van der Waals surface area contributed by atoms with E-state index in [1.807, 2.05) is 18.2 Å². The summed E-state index contributed by atoms with van der Waals surface area (Å²) in [4.78, 5) is 14.2. The topological polar surface area (TPSA) is 29.5 Å². The number of rotatable bonds is 11. The number of hydrogen-bond acceptors (Lipinski definition) is 3. The Balaban J connectivity index is 2.48. The number of ether oxygens (including phenoxy) is 1. The Labute approximate surface area is 147 Å². The SMILES string of the molecule is CCCCC(CC)COC(=O)/C=C/c1ccc(N(CC)CC)cc1. The maximum atomic E-state index is 11.9. The molecule has 0 amide bonds. The molecule has 0 spiro atoms. The monoisotopic (exact) mass is 331 g/mol. The average Bonchev–Trinajstić information content (AvgIpc) is 2.62. The Kier molecular flexibility index (Phi) is 9.90. The van der Waals surface area contributed by atoms with Crippen LogP contribution in [0.2, 0.25) is 0 Å². The first-order valence-electron chi connectivity index (χ1n) is 9.34. The molecular weight excluding hydrogens is 298 g/mol. The normalized spacial score (nSPS) is 12.3. The van der Waals surface area contributed by atoms with Crippen molar-refractivity contribution < 1.29 is 9.53 Å². The predicted octanol–water partition coefficient (Wildman–Crippen LogP) is 5.31. The zero-order valence-corrected chi connectivity index (χ0v) is 15.8. The van der Waals surface area contributed by atoms with Crippen molar-refractivity contribution in [2.24, 2.45) is 5.92 Å². The number of carbonyl (C=O) groups is 1. The molecule has 1 atom stereocenters. The molecule has 1 unspecified atom stereocenters. The largest absolute Gasteiger partial charge is 0.462 e. The van der Waals surface area contributed by atoms with Crippen LogP contribution >= 0.6 is 0 Å². The summed E-state index contributed by atoms with van der Waals surface area (Å²) >= 11 is 0. The summed E-state index contributed by atoms with van der Waals surface area (Å²) in [7, 11) is 0. The third-order valence-corrected chi connectivity index (χ3v) is 4.44. The minimum Gasteiger partial charge on any atom is -0.462 e. The van der Waals surface area contributed by atoms with Crippen LogP contribution in [0.15, 0.2) is 30.3 Å². The average molecular weight is 332 g/mol. The molecule has 134 valence electrons. The predicted molar refractivity (Wildman–Crippen MR) is 103 cm³/mol. The molecule has 0 aliphatic carbocycles. The third-order valence-electron chi connectivity index (χ3n) is 4.44. The van der Waals surface area contributed by atoms with Gasteiger partial charge in [-0.2, -0.15) is 0 Å². The van der Waals surface area contributed by atoms with E-state index in [1.54, 1.807) is 0 Å². The minimum absolute atomic E-state index is 0.252. The Morgan fingerprint density at radius 3 is 2.33 bits per heavy atom. The van der Waals surface area contributed by atoms with Gasteiger partial charge in [0.25, 0.3) is 0 Å². The molecule has 24 heavy (non-hydrogen) atoms. The lowest BCUT2D eigenvalue weighted by Crippen LogP contribution is -2.21. The molecule has 0 aromatic heterocycles. The standard InChI is InChI=1S/C21H33NO2/c1-5-9-10-18(6-2)17-24-21(23)16-13-19-11-14-20(15-12-19)22(7-3)8-4/h11-16,18H,5-10,17H2,1-4H3/b16-13+. The first kappa shape index (κ1) is 20.3. The zero-order valence-electron chi connectivity index (χ0n) is 15.8. The van der Waals surface area contributed by atoms with E-state index in [0.717, 1.165) is 31.5 Å². The number of esters is 1. The summed E-state index contributed by atoms with van der Waals surface area (Å²) in [5.41, 5.74) is 2.22. The number of hydrogen-bond donors (Lipinski definition) is 0. The summed E-state index contributed by atoms with van der Waals surface area (Å²) in [6, 6.07) is 8.26. The third kappa shape index (κ3) is 7.20. The van der Waals surface area contributed by atoms with Crippen LogP contribution in [-0.4, -0.2) is 25.7 Å². The molecule has 0 aliphatic heterocycles. The highest BCUT2D eigenvalue weighted by molar-refractivity contribution is 5.87. The van der Waals surface area contributed by atoms with Crippen LogP contribution in [0, 0.1) is 5.92 Å². The molecule has 0 saturated heterocycles. The summed E-state index contributed by atoms with van der Waals surface area (Å²) < 4.78 is 5.38. The van der Waals surface area contributed by atoms with Crippen molar-refractivity contribution in [2.45, 2.75) is 53.4 Å². The number of carbonyl (C=O) groups excluding carboxylic acids is 1. The number of nitrogens with zero attached hydrogens (tertiary/aromatic N) is 1. The van der Waals surface area contributed by atoms with E-state index in [-0.39, 0.29) is 5.97 Å².